The minimum Gasteiger partial charge on any atom is -0.446 e. The number of aliphatic hydroxyl groups is 1. The van der Waals surface area contributed by atoms with E-state index in [0.717, 1.165) is 18.4 Å². The number of hydrogen-bond donors (Lipinski definition) is 1. The maximum absolute atomic E-state index is 13.2. The quantitative estimate of drug-likeness (QED) is 0.495. The van der Waals surface area contributed by atoms with Gasteiger partial charge in [-0.3, -0.25) is 4.79 Å². The minimum absolute atomic E-state index is 0.0161. The van der Waals surface area contributed by atoms with Crippen molar-refractivity contribution in [3.05, 3.63) is 23.8 Å². The molecule has 3 fully saturated rings. The Morgan fingerprint density at radius 1 is 1.25 bits per heavy atom. The van der Waals surface area contributed by atoms with E-state index in [4.69, 9.17) is 25.8 Å². The summed E-state index contributed by atoms with van der Waals surface area (Å²) in [7, 11) is 0. The highest BCUT2D eigenvalue weighted by Crippen LogP contribution is 2.68. The first kappa shape index (κ1) is 23.3. The summed E-state index contributed by atoms with van der Waals surface area (Å²) in [6.07, 6.45) is 6.31. The molecule has 4 aliphatic rings. The molecule has 7 atom stereocenters. The molecule has 0 aromatic rings. The number of rotatable bonds is 4. The average Bonchev–Trinajstić information content (AvgIpc) is 3.01. The molecule has 0 heterocycles. The van der Waals surface area contributed by atoms with Gasteiger partial charge in [0.05, 0.1) is 12.7 Å². The predicted molar refractivity (Wildman–Crippen MR) is 116 cm³/mol. The second-order valence-corrected chi connectivity index (χ2v) is 10.1. The van der Waals surface area contributed by atoms with Gasteiger partial charge < -0.3 is 19.3 Å². The number of fused-ring (bicyclic) bond motifs is 5. The van der Waals surface area contributed by atoms with Crippen LogP contribution in [0.4, 0.5) is 4.79 Å². The lowest BCUT2D eigenvalue weighted by Crippen LogP contribution is -2.62. The van der Waals surface area contributed by atoms with Crippen LogP contribution in [0, 0.1) is 28.6 Å². The van der Waals surface area contributed by atoms with Crippen molar-refractivity contribution in [3.8, 4) is 0 Å². The number of halogens is 1. The Morgan fingerprint density at radius 2 is 2.00 bits per heavy atom. The molecule has 32 heavy (non-hydrogen) atoms. The lowest BCUT2D eigenvalue weighted by atomic mass is 9.46. The Morgan fingerprint density at radius 3 is 2.69 bits per heavy atom. The summed E-state index contributed by atoms with van der Waals surface area (Å²) < 4.78 is 15.9. The van der Waals surface area contributed by atoms with Crippen LogP contribution in [0.1, 0.15) is 52.9 Å². The van der Waals surface area contributed by atoms with E-state index in [0.29, 0.717) is 6.42 Å². The smallest absolute Gasteiger partial charge is 0.446 e. The molecule has 0 bridgehead atoms. The van der Waals surface area contributed by atoms with Gasteiger partial charge in [0, 0.05) is 16.7 Å². The van der Waals surface area contributed by atoms with Crippen molar-refractivity contribution in [1.82, 2.24) is 0 Å². The van der Waals surface area contributed by atoms with Crippen molar-refractivity contribution >= 4 is 29.5 Å². The molecule has 0 aliphatic heterocycles. The number of ether oxygens (including phenoxy) is 3. The van der Waals surface area contributed by atoms with Crippen molar-refractivity contribution < 1.29 is 33.7 Å². The van der Waals surface area contributed by atoms with Crippen molar-refractivity contribution in [1.29, 1.82) is 0 Å². The van der Waals surface area contributed by atoms with Gasteiger partial charge in [0.25, 0.3) is 0 Å². The second kappa shape index (κ2) is 8.17. The molecule has 7 nitrogen and oxygen atoms in total. The number of carbonyl (C=O) groups excluding carboxylic acids is 3. The van der Waals surface area contributed by atoms with Crippen LogP contribution >= 0.6 is 11.6 Å². The van der Waals surface area contributed by atoms with Gasteiger partial charge >= 0.3 is 12.1 Å². The number of hydrogen-bond acceptors (Lipinski definition) is 7. The summed E-state index contributed by atoms with van der Waals surface area (Å²) >= 11 is 5.70. The molecule has 0 saturated heterocycles. The molecule has 0 radical (unpaired) electrons. The zero-order valence-corrected chi connectivity index (χ0v) is 19.5. The third-order valence-corrected chi connectivity index (χ3v) is 8.76. The van der Waals surface area contributed by atoms with E-state index in [2.05, 4.69) is 6.92 Å². The van der Waals surface area contributed by atoms with Crippen molar-refractivity contribution in [3.63, 3.8) is 0 Å². The molecular weight excluding hydrogens is 436 g/mol. The molecule has 0 aromatic carbocycles. The van der Waals surface area contributed by atoms with Gasteiger partial charge in [-0.2, -0.15) is 0 Å². The molecular formula is C24H31ClO7. The summed E-state index contributed by atoms with van der Waals surface area (Å²) in [5, 5.41) is 11.5. The first-order valence-corrected chi connectivity index (χ1v) is 11.9. The standard InChI is InChI=1S/C24H31ClO7/c1-4-30-21(29)32-24(20(28)31-13-25)10-8-17-16-6-5-14-11-15(26)7-9-22(14,2)19(16)18(27)12-23(17,24)3/h7,9,11,16-19,27H,4-6,8,10,12-13H2,1-3H3/t16-,17-,18?,19+,22-,23-,24?/m0/s1. The van der Waals surface area contributed by atoms with Crippen LogP contribution in [0.5, 0.6) is 0 Å². The predicted octanol–water partition coefficient (Wildman–Crippen LogP) is 3.92. The highest BCUT2D eigenvalue weighted by Gasteiger charge is 2.71. The fraction of sp³-hybridized carbons (Fsp3) is 0.708. The fourth-order valence-electron chi connectivity index (χ4n) is 7.31. The number of alkyl halides is 1. The Balaban J connectivity index is 1.73. The number of ketones is 1. The minimum atomic E-state index is -1.57. The van der Waals surface area contributed by atoms with Crippen LogP contribution in [0.15, 0.2) is 23.8 Å². The van der Waals surface area contributed by atoms with Crippen molar-refractivity contribution in [2.75, 3.05) is 12.7 Å². The molecule has 2 unspecified atom stereocenters. The maximum Gasteiger partial charge on any atom is 0.509 e. The molecule has 0 spiro atoms. The lowest BCUT2D eigenvalue weighted by Gasteiger charge is -2.59. The van der Waals surface area contributed by atoms with Gasteiger partial charge in [0.15, 0.2) is 11.8 Å². The zero-order chi connectivity index (χ0) is 23.3. The monoisotopic (exact) mass is 466 g/mol. The highest BCUT2D eigenvalue weighted by molar-refractivity contribution is 6.17. The fourth-order valence-corrected chi connectivity index (χ4v) is 7.41. The van der Waals surface area contributed by atoms with Gasteiger partial charge in [-0.05, 0) is 63.0 Å². The van der Waals surface area contributed by atoms with Gasteiger partial charge in [0.1, 0.15) is 0 Å². The SMILES string of the molecule is CCOC(=O)OC1(C(=O)OCCl)CC[C@H]2[C@@H]3CCC4=CC(=O)C=C[C@]4(C)[C@H]3C(O)C[C@@]21C. The topological polar surface area (TPSA) is 99.1 Å². The molecule has 0 aromatic heterocycles. The van der Waals surface area contributed by atoms with Crippen LogP contribution < -0.4 is 0 Å². The average molecular weight is 467 g/mol. The van der Waals surface area contributed by atoms with Gasteiger partial charge in [-0.1, -0.05) is 37.1 Å². The van der Waals surface area contributed by atoms with E-state index in [9.17, 15) is 19.5 Å². The number of carbonyl (C=O) groups is 3. The van der Waals surface area contributed by atoms with E-state index in [1.165, 1.54) is 0 Å². The Kier molecular flexibility index (Phi) is 5.95. The first-order valence-electron chi connectivity index (χ1n) is 11.3. The van der Waals surface area contributed by atoms with E-state index in [-0.39, 0.29) is 49.1 Å². The first-order chi connectivity index (χ1) is 15.1. The van der Waals surface area contributed by atoms with E-state index < -0.39 is 34.7 Å². The molecule has 1 N–H and O–H groups in total. The van der Waals surface area contributed by atoms with Crippen LogP contribution in [0.3, 0.4) is 0 Å². The van der Waals surface area contributed by atoms with E-state index >= 15 is 0 Å². The van der Waals surface area contributed by atoms with Crippen molar-refractivity contribution in [2.24, 2.45) is 28.6 Å². The van der Waals surface area contributed by atoms with Gasteiger partial charge in [0.2, 0.25) is 5.60 Å². The molecule has 4 rings (SSSR count). The molecule has 176 valence electrons. The largest absolute Gasteiger partial charge is 0.509 e. The van der Waals surface area contributed by atoms with Crippen LogP contribution in [0.2, 0.25) is 0 Å². The summed E-state index contributed by atoms with van der Waals surface area (Å²) in [6.45, 7) is 5.77. The molecule has 8 heteroatoms. The zero-order valence-electron chi connectivity index (χ0n) is 18.8. The Hall–Kier alpha value is -1.86. The number of aliphatic hydroxyl groups excluding tert-OH is 1. The molecule has 4 aliphatic carbocycles. The van der Waals surface area contributed by atoms with E-state index in [1.54, 1.807) is 19.1 Å². The van der Waals surface area contributed by atoms with E-state index in [1.807, 2.05) is 13.0 Å². The summed E-state index contributed by atoms with van der Waals surface area (Å²) in [6, 6.07) is -0.354. The summed E-state index contributed by atoms with van der Waals surface area (Å²) in [4.78, 5) is 37.5. The number of allylic oxidation sites excluding steroid dienone is 4. The highest BCUT2D eigenvalue weighted by atomic mass is 35.5. The van der Waals surface area contributed by atoms with Gasteiger partial charge in [-0.15, -0.1) is 0 Å². The molecule has 0 amide bonds. The normalized spacial score (nSPS) is 42.3. The Labute approximate surface area is 193 Å². The van der Waals surface area contributed by atoms with Crippen LogP contribution in [0.25, 0.3) is 0 Å². The summed E-state index contributed by atoms with van der Waals surface area (Å²) in [5.74, 6) is -0.676. The Bertz CT molecular complexity index is 882. The number of esters is 1. The van der Waals surface area contributed by atoms with Crippen LogP contribution in [-0.4, -0.2) is 47.4 Å². The lowest BCUT2D eigenvalue weighted by molar-refractivity contribution is -0.199. The van der Waals surface area contributed by atoms with Crippen LogP contribution in [-0.2, 0) is 23.8 Å². The summed E-state index contributed by atoms with van der Waals surface area (Å²) in [5.41, 5.74) is -1.76. The van der Waals surface area contributed by atoms with Gasteiger partial charge in [-0.25, -0.2) is 9.59 Å². The molecule has 3 saturated carbocycles. The van der Waals surface area contributed by atoms with Crippen molar-refractivity contribution in [2.45, 2.75) is 64.6 Å². The maximum atomic E-state index is 13.2. The third kappa shape index (κ3) is 3.23. The third-order valence-electron chi connectivity index (χ3n) is 8.65. The second-order valence-electron chi connectivity index (χ2n) is 9.90.